The average Bonchev–Trinajstić information content (AvgIpc) is 3.50. The van der Waals surface area contributed by atoms with Gasteiger partial charge in [-0.1, -0.05) is 42.5 Å². The van der Waals surface area contributed by atoms with E-state index in [1.165, 1.54) is 0 Å². The Morgan fingerprint density at radius 2 is 1.80 bits per heavy atom. The molecule has 176 valence electrons. The maximum absolute atomic E-state index is 12.6. The molecular formula is C26H25N7O2. The molecule has 1 amide bonds. The molecule has 0 spiro atoms. The lowest BCUT2D eigenvalue weighted by Gasteiger charge is -2.12. The van der Waals surface area contributed by atoms with E-state index in [0.29, 0.717) is 23.6 Å². The summed E-state index contributed by atoms with van der Waals surface area (Å²) in [6.07, 6.45) is -1.26. The Bertz CT molecular complexity index is 1470. The molecule has 2 aromatic heterocycles. The first-order chi connectivity index (χ1) is 17.0. The van der Waals surface area contributed by atoms with Gasteiger partial charge in [-0.3, -0.25) is 15.0 Å². The van der Waals surface area contributed by atoms with Gasteiger partial charge in [-0.05, 0) is 50.0 Å². The van der Waals surface area contributed by atoms with Crippen LogP contribution in [0.3, 0.4) is 0 Å². The Morgan fingerprint density at radius 3 is 2.60 bits per heavy atom. The van der Waals surface area contributed by atoms with Crippen LogP contribution in [0.1, 0.15) is 17.5 Å². The molecule has 2 heterocycles. The van der Waals surface area contributed by atoms with Crippen molar-refractivity contribution < 1.29 is 9.90 Å². The van der Waals surface area contributed by atoms with E-state index in [2.05, 4.69) is 30.7 Å². The van der Waals surface area contributed by atoms with Crippen molar-refractivity contribution in [2.24, 2.45) is 0 Å². The first kappa shape index (κ1) is 22.5. The van der Waals surface area contributed by atoms with Gasteiger partial charge in [-0.25, -0.2) is 4.98 Å². The zero-order valence-electron chi connectivity index (χ0n) is 19.4. The van der Waals surface area contributed by atoms with E-state index in [4.69, 9.17) is 0 Å². The van der Waals surface area contributed by atoms with Gasteiger partial charge in [-0.15, -0.1) is 0 Å². The standard InChI is InChI=1S/C26H25N7O2/c1-33(2)15-22-28-25(32-30-22)18-11-12-21-20(14-18)23(31-29-21)17-9-6-10-19(13-17)27-26(35)24(34)16-7-4-3-5-8-16/h3-14,24,34H,15H2,1-2H3,(H,27,35)(H,29,31)(H,28,30,32)/t24-/m1/s1. The molecular weight excluding hydrogens is 442 g/mol. The van der Waals surface area contributed by atoms with Crippen LogP contribution >= 0.6 is 0 Å². The van der Waals surface area contributed by atoms with E-state index in [1.54, 1.807) is 30.3 Å². The molecule has 0 fully saturated rings. The number of rotatable bonds is 7. The molecule has 0 aliphatic carbocycles. The van der Waals surface area contributed by atoms with Gasteiger partial charge in [0, 0.05) is 22.2 Å². The van der Waals surface area contributed by atoms with Crippen molar-refractivity contribution in [3.05, 3.63) is 84.2 Å². The summed E-state index contributed by atoms with van der Waals surface area (Å²) in [5.74, 6) is 0.908. The second-order valence-corrected chi connectivity index (χ2v) is 8.56. The number of hydrogen-bond donors (Lipinski definition) is 4. The third kappa shape index (κ3) is 4.81. The van der Waals surface area contributed by atoms with Crippen molar-refractivity contribution in [3.63, 3.8) is 0 Å². The van der Waals surface area contributed by atoms with E-state index in [0.717, 1.165) is 33.5 Å². The zero-order chi connectivity index (χ0) is 24.4. The topological polar surface area (TPSA) is 123 Å². The van der Waals surface area contributed by atoms with Gasteiger partial charge in [0.1, 0.15) is 5.82 Å². The van der Waals surface area contributed by atoms with Crippen LogP contribution < -0.4 is 5.32 Å². The van der Waals surface area contributed by atoms with Crippen molar-refractivity contribution in [2.75, 3.05) is 19.4 Å². The highest BCUT2D eigenvalue weighted by Gasteiger charge is 2.18. The number of aliphatic hydroxyl groups excluding tert-OH is 1. The SMILES string of the molecule is CN(C)Cc1nc(-c2ccc3[nH]nc(-c4cccc(NC(=O)[C@H](O)c5ccccc5)c4)c3c2)n[nH]1. The Balaban J connectivity index is 1.41. The molecule has 0 radical (unpaired) electrons. The molecule has 0 saturated heterocycles. The van der Waals surface area contributed by atoms with Gasteiger partial charge < -0.3 is 15.3 Å². The van der Waals surface area contributed by atoms with Crippen molar-refractivity contribution in [2.45, 2.75) is 12.6 Å². The maximum atomic E-state index is 12.6. The summed E-state index contributed by atoms with van der Waals surface area (Å²) in [4.78, 5) is 19.2. The van der Waals surface area contributed by atoms with E-state index in [1.807, 2.05) is 61.5 Å². The van der Waals surface area contributed by atoms with Crippen molar-refractivity contribution in [1.82, 2.24) is 30.3 Å². The van der Waals surface area contributed by atoms with Crippen molar-refractivity contribution >= 4 is 22.5 Å². The highest BCUT2D eigenvalue weighted by molar-refractivity contribution is 5.98. The predicted molar refractivity (Wildman–Crippen MR) is 134 cm³/mol. The fourth-order valence-electron chi connectivity index (χ4n) is 3.91. The van der Waals surface area contributed by atoms with Gasteiger partial charge in [0.05, 0.1) is 17.8 Å². The molecule has 0 saturated carbocycles. The predicted octanol–water partition coefficient (Wildman–Crippen LogP) is 3.75. The van der Waals surface area contributed by atoms with Crippen LogP contribution in [-0.2, 0) is 11.3 Å². The first-order valence-corrected chi connectivity index (χ1v) is 11.2. The Morgan fingerprint density at radius 1 is 0.971 bits per heavy atom. The minimum Gasteiger partial charge on any atom is -0.378 e. The van der Waals surface area contributed by atoms with Gasteiger partial charge in [-0.2, -0.15) is 10.2 Å². The number of H-pyrrole nitrogens is 2. The van der Waals surface area contributed by atoms with Gasteiger partial charge >= 0.3 is 0 Å². The molecule has 35 heavy (non-hydrogen) atoms. The summed E-state index contributed by atoms with van der Waals surface area (Å²) in [5.41, 5.74) is 4.41. The minimum atomic E-state index is -1.26. The number of anilines is 1. The van der Waals surface area contributed by atoms with E-state index >= 15 is 0 Å². The molecule has 0 bridgehead atoms. The number of aromatic nitrogens is 5. The highest BCUT2D eigenvalue weighted by Crippen LogP contribution is 2.31. The van der Waals surface area contributed by atoms with Gasteiger partial charge in [0.2, 0.25) is 0 Å². The molecule has 0 aliphatic heterocycles. The molecule has 0 unspecified atom stereocenters. The lowest BCUT2D eigenvalue weighted by molar-refractivity contribution is -0.124. The summed E-state index contributed by atoms with van der Waals surface area (Å²) < 4.78 is 0. The summed E-state index contributed by atoms with van der Waals surface area (Å²) in [6.45, 7) is 0.670. The first-order valence-electron chi connectivity index (χ1n) is 11.2. The fourth-order valence-corrected chi connectivity index (χ4v) is 3.91. The summed E-state index contributed by atoms with van der Waals surface area (Å²) in [5, 5.41) is 29.0. The van der Waals surface area contributed by atoms with Crippen molar-refractivity contribution in [3.8, 4) is 22.6 Å². The molecule has 1 atom stereocenters. The summed E-state index contributed by atoms with van der Waals surface area (Å²) in [6, 6.07) is 22.1. The summed E-state index contributed by atoms with van der Waals surface area (Å²) in [7, 11) is 3.95. The van der Waals surface area contributed by atoms with Gasteiger partial charge in [0.15, 0.2) is 11.9 Å². The lowest BCUT2D eigenvalue weighted by Crippen LogP contribution is -2.20. The quantitative estimate of drug-likeness (QED) is 0.289. The number of amides is 1. The van der Waals surface area contributed by atoms with Gasteiger partial charge in [0.25, 0.3) is 5.91 Å². The average molecular weight is 468 g/mol. The molecule has 9 nitrogen and oxygen atoms in total. The number of aromatic amines is 2. The smallest absolute Gasteiger partial charge is 0.257 e. The van der Waals surface area contributed by atoms with Crippen LogP contribution in [0.2, 0.25) is 0 Å². The number of carbonyl (C=O) groups excluding carboxylic acids is 1. The van der Waals surface area contributed by atoms with Crippen LogP contribution in [0.4, 0.5) is 5.69 Å². The fraction of sp³-hybridized carbons (Fsp3) is 0.154. The second-order valence-electron chi connectivity index (χ2n) is 8.56. The van der Waals surface area contributed by atoms with Crippen molar-refractivity contribution in [1.29, 1.82) is 0 Å². The van der Waals surface area contributed by atoms with Crippen LogP contribution in [0, 0.1) is 0 Å². The second kappa shape index (κ2) is 9.49. The Labute approximate surface area is 201 Å². The molecule has 5 rings (SSSR count). The normalized spacial score (nSPS) is 12.2. The Hall–Kier alpha value is -4.34. The lowest BCUT2D eigenvalue weighted by atomic mass is 10.0. The Kier molecular flexibility index (Phi) is 6.09. The molecule has 9 heteroatoms. The monoisotopic (exact) mass is 467 g/mol. The maximum Gasteiger partial charge on any atom is 0.257 e. The summed E-state index contributed by atoms with van der Waals surface area (Å²) >= 11 is 0. The molecule has 4 N–H and O–H groups in total. The molecule has 3 aromatic carbocycles. The van der Waals surface area contributed by atoms with E-state index < -0.39 is 12.0 Å². The van der Waals surface area contributed by atoms with E-state index in [-0.39, 0.29) is 0 Å². The number of nitrogens with one attached hydrogen (secondary N) is 3. The third-order valence-electron chi connectivity index (χ3n) is 5.59. The molecule has 5 aromatic rings. The number of fused-ring (bicyclic) bond motifs is 1. The zero-order valence-corrected chi connectivity index (χ0v) is 19.4. The minimum absolute atomic E-state index is 0.499. The number of carbonyl (C=O) groups is 1. The highest BCUT2D eigenvalue weighted by atomic mass is 16.3. The molecule has 0 aliphatic rings. The van der Waals surface area contributed by atoms with E-state index in [9.17, 15) is 9.90 Å². The van der Waals surface area contributed by atoms with Crippen LogP contribution in [0.5, 0.6) is 0 Å². The number of benzene rings is 3. The largest absolute Gasteiger partial charge is 0.378 e. The van der Waals surface area contributed by atoms with Crippen LogP contribution in [0.15, 0.2) is 72.8 Å². The van der Waals surface area contributed by atoms with Crippen LogP contribution in [0.25, 0.3) is 33.5 Å². The number of hydrogen-bond acceptors (Lipinski definition) is 6. The number of nitrogens with zero attached hydrogens (tertiary/aromatic N) is 4. The third-order valence-corrected chi connectivity index (χ3v) is 5.59. The van der Waals surface area contributed by atoms with Crippen LogP contribution in [-0.4, -0.2) is 55.4 Å². The number of aliphatic hydroxyl groups is 1.